The van der Waals surface area contributed by atoms with E-state index in [1.807, 2.05) is 18.2 Å². The minimum atomic E-state index is -3.43. The summed E-state index contributed by atoms with van der Waals surface area (Å²) in [5.41, 5.74) is 1.47. The van der Waals surface area contributed by atoms with Gasteiger partial charge in [0.1, 0.15) is 5.82 Å². The van der Waals surface area contributed by atoms with E-state index < -0.39 is 10.2 Å². The van der Waals surface area contributed by atoms with Crippen LogP contribution in [0.4, 0.5) is 22.2 Å². The van der Waals surface area contributed by atoms with Crippen LogP contribution in [0, 0.1) is 0 Å². The van der Waals surface area contributed by atoms with Crippen LogP contribution in [0.15, 0.2) is 30.5 Å². The van der Waals surface area contributed by atoms with E-state index in [1.165, 1.54) is 23.3 Å². The van der Waals surface area contributed by atoms with Gasteiger partial charge in [0.15, 0.2) is 0 Å². The van der Waals surface area contributed by atoms with Crippen LogP contribution in [0.25, 0.3) is 0 Å². The van der Waals surface area contributed by atoms with Gasteiger partial charge in [0.25, 0.3) is 10.2 Å². The molecule has 1 fully saturated rings. The van der Waals surface area contributed by atoms with Crippen molar-refractivity contribution in [1.82, 2.24) is 19.0 Å². The first-order valence-corrected chi connectivity index (χ1v) is 12.6. The van der Waals surface area contributed by atoms with Gasteiger partial charge in [0.2, 0.25) is 5.95 Å². The summed E-state index contributed by atoms with van der Waals surface area (Å²) in [6, 6.07) is 7.06. The highest BCUT2D eigenvalue weighted by Gasteiger charge is 2.32. The van der Waals surface area contributed by atoms with Crippen molar-refractivity contribution >= 4 is 45.3 Å². The fourth-order valence-corrected chi connectivity index (χ4v) is 5.20. The molecule has 0 radical (unpaired) electrons. The summed E-state index contributed by atoms with van der Waals surface area (Å²) >= 11 is 6.30. The molecule has 12 heteroatoms. The Morgan fingerprint density at radius 3 is 2.45 bits per heavy atom. The molecule has 4 rings (SSSR count). The predicted octanol–water partition coefficient (Wildman–Crippen LogP) is 2.83. The van der Waals surface area contributed by atoms with Crippen LogP contribution in [-0.4, -0.2) is 61.9 Å². The Labute approximate surface area is 199 Å². The summed E-state index contributed by atoms with van der Waals surface area (Å²) in [5, 5.41) is 3.85. The second-order valence-electron chi connectivity index (χ2n) is 8.52. The van der Waals surface area contributed by atoms with Crippen LogP contribution in [0.3, 0.4) is 0 Å². The lowest BCUT2D eigenvalue weighted by molar-refractivity contribution is 0.251. The lowest BCUT2D eigenvalue weighted by Crippen LogP contribution is -2.46. The minimum Gasteiger partial charge on any atom is -0.351 e. The Balaban J connectivity index is 1.42. The van der Waals surface area contributed by atoms with Crippen molar-refractivity contribution in [3.63, 3.8) is 0 Å². The smallest absolute Gasteiger partial charge is 0.330 e. The maximum Gasteiger partial charge on any atom is 0.330 e. The van der Waals surface area contributed by atoms with E-state index in [4.69, 9.17) is 11.6 Å². The number of para-hydroxylation sites is 1. The van der Waals surface area contributed by atoms with Crippen molar-refractivity contribution in [3.8, 4) is 0 Å². The van der Waals surface area contributed by atoms with Gasteiger partial charge in [-0.3, -0.25) is 9.80 Å². The average Bonchev–Trinajstić information content (AvgIpc) is 2.78. The van der Waals surface area contributed by atoms with E-state index in [1.54, 1.807) is 24.2 Å². The molecule has 1 saturated carbocycles. The van der Waals surface area contributed by atoms with E-state index in [0.29, 0.717) is 29.0 Å². The van der Waals surface area contributed by atoms with Crippen molar-refractivity contribution in [1.29, 1.82) is 0 Å². The summed E-state index contributed by atoms with van der Waals surface area (Å²) in [6.45, 7) is 0.333. The molecule has 2 heterocycles. The monoisotopic (exact) mass is 493 g/mol. The van der Waals surface area contributed by atoms with Gasteiger partial charge in [-0.05, 0) is 37.8 Å². The van der Waals surface area contributed by atoms with Crippen LogP contribution in [0.5, 0.6) is 0 Å². The number of carbonyl (C=O) groups excluding carboxylic acids is 1. The van der Waals surface area contributed by atoms with E-state index >= 15 is 0 Å². The molecule has 10 nitrogen and oxygen atoms in total. The number of amides is 2. The van der Waals surface area contributed by atoms with Gasteiger partial charge in [-0.2, -0.15) is 22.4 Å². The number of nitrogens with zero attached hydrogens (tertiary/aromatic N) is 5. The van der Waals surface area contributed by atoms with E-state index in [2.05, 4.69) is 20.0 Å². The molecule has 2 N–H and O–H groups in total. The fourth-order valence-electron chi connectivity index (χ4n) is 4.09. The van der Waals surface area contributed by atoms with Gasteiger partial charge in [-0.15, -0.1) is 0 Å². The van der Waals surface area contributed by atoms with Crippen molar-refractivity contribution in [2.75, 3.05) is 36.3 Å². The molecular weight excluding hydrogens is 466 g/mol. The SMILES string of the molecule is CN1C(=O)N(c2ccccc2Cl)Cc2cnc(NC3CCC(NS(=O)(=O)N(C)C)CC3)nc21. The molecule has 2 aromatic rings. The van der Waals surface area contributed by atoms with Crippen molar-refractivity contribution in [3.05, 3.63) is 41.0 Å². The standard InChI is InChI=1S/C21H28ClN7O3S/c1-27(2)33(31,32)26-16-10-8-15(9-11-16)24-20-23-12-14-13-29(18-7-5-4-6-17(18)22)21(30)28(3)19(14)25-20/h4-7,12,15-16,26H,8-11,13H2,1-3H3,(H,23,24,25). The summed E-state index contributed by atoms with van der Waals surface area (Å²) in [5.74, 6) is 1.02. The van der Waals surface area contributed by atoms with Crippen LogP contribution >= 0.6 is 11.6 Å². The molecule has 0 spiro atoms. The zero-order valence-electron chi connectivity index (χ0n) is 18.8. The number of nitrogens with one attached hydrogen (secondary N) is 2. The Hall–Kier alpha value is -2.47. The molecule has 0 bridgehead atoms. The first-order chi connectivity index (χ1) is 15.7. The lowest BCUT2D eigenvalue weighted by atomic mass is 9.92. The summed E-state index contributed by atoms with van der Waals surface area (Å²) in [7, 11) is 1.27. The molecule has 1 aromatic heterocycles. The Kier molecular flexibility index (Phi) is 6.76. The van der Waals surface area contributed by atoms with Crippen LogP contribution in [0.1, 0.15) is 31.2 Å². The van der Waals surface area contributed by atoms with Crippen molar-refractivity contribution < 1.29 is 13.2 Å². The molecular formula is C21H28ClN7O3S. The number of urea groups is 1. The topological polar surface area (TPSA) is 111 Å². The van der Waals surface area contributed by atoms with Crippen LogP contribution < -0.4 is 19.8 Å². The Morgan fingerprint density at radius 2 is 1.79 bits per heavy atom. The summed E-state index contributed by atoms with van der Waals surface area (Å²) < 4.78 is 28.0. The third kappa shape index (κ3) is 5.06. The van der Waals surface area contributed by atoms with Crippen molar-refractivity contribution in [2.45, 2.75) is 44.3 Å². The minimum absolute atomic E-state index is 0.0838. The van der Waals surface area contributed by atoms with Crippen molar-refractivity contribution in [2.24, 2.45) is 0 Å². The van der Waals surface area contributed by atoms with E-state index in [9.17, 15) is 13.2 Å². The molecule has 2 aliphatic rings. The number of aromatic nitrogens is 2. The average molecular weight is 494 g/mol. The van der Waals surface area contributed by atoms with Crippen LogP contribution in [-0.2, 0) is 16.8 Å². The number of carbonyl (C=O) groups is 1. The summed E-state index contributed by atoms with van der Waals surface area (Å²) in [6.07, 6.45) is 4.75. The number of anilines is 3. The van der Waals surface area contributed by atoms with Gasteiger partial charge in [0.05, 0.1) is 17.3 Å². The zero-order valence-corrected chi connectivity index (χ0v) is 20.4. The zero-order chi connectivity index (χ0) is 23.8. The molecule has 33 heavy (non-hydrogen) atoms. The highest BCUT2D eigenvalue weighted by atomic mass is 35.5. The highest BCUT2D eigenvalue weighted by molar-refractivity contribution is 7.87. The number of fused-ring (bicyclic) bond motifs is 1. The quantitative estimate of drug-likeness (QED) is 0.640. The molecule has 0 atom stereocenters. The normalized spacial score (nSPS) is 21.3. The molecule has 0 unspecified atom stereocenters. The van der Waals surface area contributed by atoms with Gasteiger partial charge in [-0.25, -0.2) is 9.78 Å². The maximum absolute atomic E-state index is 13.0. The molecule has 2 amide bonds. The first-order valence-electron chi connectivity index (χ1n) is 10.8. The maximum atomic E-state index is 13.0. The number of hydrogen-bond acceptors (Lipinski definition) is 6. The third-order valence-electron chi connectivity index (χ3n) is 6.01. The molecule has 1 aliphatic heterocycles. The van der Waals surface area contributed by atoms with Crippen LogP contribution in [0.2, 0.25) is 5.02 Å². The lowest BCUT2D eigenvalue weighted by Gasteiger charge is -2.35. The molecule has 178 valence electrons. The largest absolute Gasteiger partial charge is 0.351 e. The van der Waals surface area contributed by atoms with E-state index in [0.717, 1.165) is 31.2 Å². The van der Waals surface area contributed by atoms with Gasteiger partial charge in [-0.1, -0.05) is 23.7 Å². The molecule has 0 saturated heterocycles. The second kappa shape index (κ2) is 9.41. The highest BCUT2D eigenvalue weighted by Crippen LogP contribution is 2.33. The van der Waals surface area contributed by atoms with E-state index in [-0.39, 0.29) is 18.1 Å². The summed E-state index contributed by atoms with van der Waals surface area (Å²) in [4.78, 5) is 25.2. The number of hydrogen-bond donors (Lipinski definition) is 2. The number of halogens is 1. The number of rotatable bonds is 6. The number of benzene rings is 1. The second-order valence-corrected chi connectivity index (χ2v) is 10.8. The fraction of sp³-hybridized carbons (Fsp3) is 0.476. The molecule has 1 aromatic carbocycles. The van der Waals surface area contributed by atoms with Gasteiger partial charge in [0, 0.05) is 45.0 Å². The van der Waals surface area contributed by atoms with Gasteiger partial charge >= 0.3 is 6.03 Å². The predicted molar refractivity (Wildman–Crippen MR) is 129 cm³/mol. The third-order valence-corrected chi connectivity index (χ3v) is 7.92. The Bertz CT molecular complexity index is 1140. The first kappa shape index (κ1) is 23.7. The van der Waals surface area contributed by atoms with Gasteiger partial charge < -0.3 is 5.32 Å². The molecule has 1 aliphatic carbocycles. The Morgan fingerprint density at radius 1 is 1.12 bits per heavy atom.